The molecule has 0 bridgehead atoms. The van der Waals surface area contributed by atoms with Gasteiger partial charge >= 0.3 is 0 Å². The number of hydrogen-bond acceptors (Lipinski definition) is 3. The van der Waals surface area contributed by atoms with E-state index in [9.17, 15) is 9.59 Å². The van der Waals surface area contributed by atoms with Crippen LogP contribution in [0.25, 0.3) is 0 Å². The molecule has 2 amide bonds. The molecule has 0 atom stereocenters. The molecule has 0 saturated carbocycles. The van der Waals surface area contributed by atoms with Crippen LogP contribution in [0.15, 0.2) is 30.3 Å². The van der Waals surface area contributed by atoms with Crippen molar-refractivity contribution in [2.45, 2.75) is 26.7 Å². The summed E-state index contributed by atoms with van der Waals surface area (Å²) in [6.07, 6.45) is 0.881. The Morgan fingerprint density at radius 1 is 1.14 bits per heavy atom. The van der Waals surface area contributed by atoms with Crippen molar-refractivity contribution in [3.8, 4) is 0 Å². The molecular weight excluding hydrogens is 268 g/mol. The van der Waals surface area contributed by atoms with Gasteiger partial charge in [-0.05, 0) is 24.0 Å². The molecule has 0 aliphatic carbocycles. The molecule has 0 aliphatic heterocycles. The first-order valence-corrected chi connectivity index (χ1v) is 7.15. The summed E-state index contributed by atoms with van der Waals surface area (Å²) in [5, 5.41) is 14.4. The number of carbonyl (C=O) groups excluding carboxylic acids is 2. The highest BCUT2D eigenvalue weighted by molar-refractivity contribution is 5.94. The van der Waals surface area contributed by atoms with E-state index in [0.29, 0.717) is 25.1 Å². The number of aliphatic hydroxyl groups excluding tert-OH is 1. The first kappa shape index (κ1) is 17.2. The fourth-order valence-corrected chi connectivity index (χ4v) is 1.80. The number of amides is 2. The van der Waals surface area contributed by atoms with E-state index >= 15 is 0 Å². The zero-order chi connectivity index (χ0) is 15.7. The lowest BCUT2D eigenvalue weighted by atomic mass is 9.90. The summed E-state index contributed by atoms with van der Waals surface area (Å²) in [4.78, 5) is 23.4. The molecule has 1 aromatic rings. The molecule has 5 heteroatoms. The van der Waals surface area contributed by atoms with Gasteiger partial charge in [-0.25, -0.2) is 0 Å². The Labute approximate surface area is 125 Å². The minimum Gasteiger partial charge on any atom is -0.396 e. The fraction of sp³-hybridized carbons (Fsp3) is 0.500. The summed E-state index contributed by atoms with van der Waals surface area (Å²) in [6.45, 7) is 4.90. The van der Waals surface area contributed by atoms with Crippen molar-refractivity contribution in [1.29, 1.82) is 0 Å². The van der Waals surface area contributed by atoms with E-state index in [1.165, 1.54) is 0 Å². The van der Waals surface area contributed by atoms with E-state index in [-0.39, 0.29) is 30.3 Å². The summed E-state index contributed by atoms with van der Waals surface area (Å²) < 4.78 is 0. The van der Waals surface area contributed by atoms with Gasteiger partial charge in [-0.1, -0.05) is 32.0 Å². The zero-order valence-corrected chi connectivity index (χ0v) is 12.7. The SMILES string of the molecule is CC(C)(CCO)CNC(=O)CCNC(=O)c1ccccc1. The highest BCUT2D eigenvalue weighted by atomic mass is 16.3. The first-order chi connectivity index (χ1) is 9.94. The van der Waals surface area contributed by atoms with Crippen molar-refractivity contribution in [2.75, 3.05) is 19.7 Å². The Hall–Kier alpha value is -1.88. The molecule has 0 fully saturated rings. The molecule has 0 aromatic heterocycles. The first-order valence-electron chi connectivity index (χ1n) is 7.15. The minimum atomic E-state index is -0.177. The Morgan fingerprint density at radius 3 is 2.43 bits per heavy atom. The Kier molecular flexibility index (Phi) is 6.88. The van der Waals surface area contributed by atoms with Crippen LogP contribution in [-0.2, 0) is 4.79 Å². The quantitative estimate of drug-likeness (QED) is 0.676. The number of aliphatic hydroxyl groups is 1. The lowest BCUT2D eigenvalue weighted by Crippen LogP contribution is -2.36. The zero-order valence-electron chi connectivity index (χ0n) is 12.7. The molecular formula is C16H24N2O3. The molecule has 5 nitrogen and oxygen atoms in total. The summed E-state index contributed by atoms with van der Waals surface area (Å²) >= 11 is 0. The van der Waals surface area contributed by atoms with Crippen LogP contribution in [0, 0.1) is 5.41 Å². The second kappa shape index (κ2) is 8.42. The Morgan fingerprint density at radius 2 is 1.81 bits per heavy atom. The van der Waals surface area contributed by atoms with E-state index in [4.69, 9.17) is 5.11 Å². The van der Waals surface area contributed by atoms with Crippen LogP contribution in [0.3, 0.4) is 0 Å². The third kappa shape index (κ3) is 6.90. The lowest BCUT2D eigenvalue weighted by Gasteiger charge is -2.23. The van der Waals surface area contributed by atoms with Gasteiger partial charge in [0.05, 0.1) is 0 Å². The van der Waals surface area contributed by atoms with Crippen LogP contribution in [0.4, 0.5) is 0 Å². The van der Waals surface area contributed by atoms with E-state index in [2.05, 4.69) is 10.6 Å². The average Bonchev–Trinajstić information content (AvgIpc) is 2.46. The topological polar surface area (TPSA) is 78.4 Å². The molecule has 3 N–H and O–H groups in total. The molecule has 21 heavy (non-hydrogen) atoms. The molecule has 0 radical (unpaired) electrons. The monoisotopic (exact) mass is 292 g/mol. The number of nitrogens with one attached hydrogen (secondary N) is 2. The van der Waals surface area contributed by atoms with Gasteiger partial charge in [-0.3, -0.25) is 9.59 Å². The van der Waals surface area contributed by atoms with Gasteiger partial charge < -0.3 is 15.7 Å². The number of hydrogen-bond donors (Lipinski definition) is 3. The van der Waals surface area contributed by atoms with E-state index < -0.39 is 0 Å². The summed E-state index contributed by atoms with van der Waals surface area (Å²) in [5.41, 5.74) is 0.458. The van der Waals surface area contributed by atoms with Crippen LogP contribution in [0.1, 0.15) is 37.0 Å². The molecule has 0 saturated heterocycles. The van der Waals surface area contributed by atoms with Crippen LogP contribution < -0.4 is 10.6 Å². The van der Waals surface area contributed by atoms with Crippen LogP contribution in [-0.4, -0.2) is 36.6 Å². The summed E-state index contributed by atoms with van der Waals surface area (Å²) in [7, 11) is 0. The summed E-state index contributed by atoms with van der Waals surface area (Å²) in [5.74, 6) is -0.279. The number of carbonyl (C=O) groups is 2. The van der Waals surface area contributed by atoms with Gasteiger partial charge in [0.25, 0.3) is 5.91 Å². The molecule has 0 spiro atoms. The van der Waals surface area contributed by atoms with E-state index in [0.717, 1.165) is 0 Å². The van der Waals surface area contributed by atoms with E-state index in [1.807, 2.05) is 19.9 Å². The van der Waals surface area contributed by atoms with Crippen molar-refractivity contribution < 1.29 is 14.7 Å². The Bertz CT molecular complexity index is 458. The van der Waals surface area contributed by atoms with E-state index in [1.54, 1.807) is 24.3 Å². The van der Waals surface area contributed by atoms with Gasteiger partial charge in [0.2, 0.25) is 5.91 Å². The second-order valence-corrected chi connectivity index (χ2v) is 5.79. The van der Waals surface area contributed by atoms with Crippen molar-refractivity contribution in [3.05, 3.63) is 35.9 Å². The van der Waals surface area contributed by atoms with Crippen molar-refractivity contribution in [1.82, 2.24) is 10.6 Å². The van der Waals surface area contributed by atoms with Gasteiger partial charge in [-0.2, -0.15) is 0 Å². The van der Waals surface area contributed by atoms with Crippen molar-refractivity contribution in [2.24, 2.45) is 5.41 Å². The minimum absolute atomic E-state index is 0.102. The highest BCUT2D eigenvalue weighted by Crippen LogP contribution is 2.17. The molecule has 1 rings (SSSR count). The highest BCUT2D eigenvalue weighted by Gasteiger charge is 2.17. The summed E-state index contributed by atoms with van der Waals surface area (Å²) in [6, 6.07) is 8.90. The third-order valence-corrected chi connectivity index (χ3v) is 3.23. The standard InChI is InChI=1S/C16H24N2O3/c1-16(2,9-11-19)12-18-14(20)8-10-17-15(21)13-6-4-3-5-7-13/h3-7,19H,8-12H2,1-2H3,(H,17,21)(H,18,20). The third-order valence-electron chi connectivity index (χ3n) is 3.23. The second-order valence-electron chi connectivity index (χ2n) is 5.79. The maximum atomic E-state index is 11.8. The molecule has 0 unspecified atom stereocenters. The van der Waals surface area contributed by atoms with Crippen molar-refractivity contribution >= 4 is 11.8 Å². The van der Waals surface area contributed by atoms with Crippen LogP contribution in [0.2, 0.25) is 0 Å². The Balaban J connectivity index is 2.23. The largest absolute Gasteiger partial charge is 0.396 e. The molecule has 116 valence electrons. The predicted octanol–water partition coefficient (Wildman–Crippen LogP) is 1.33. The van der Waals surface area contributed by atoms with Crippen molar-refractivity contribution in [3.63, 3.8) is 0 Å². The molecule has 0 heterocycles. The number of rotatable bonds is 8. The maximum absolute atomic E-state index is 11.8. The normalized spacial score (nSPS) is 11.0. The fourth-order valence-electron chi connectivity index (χ4n) is 1.80. The van der Waals surface area contributed by atoms with Gasteiger partial charge in [0.15, 0.2) is 0 Å². The van der Waals surface area contributed by atoms with Gasteiger partial charge in [0, 0.05) is 31.7 Å². The molecule has 1 aromatic carbocycles. The molecule has 0 aliphatic rings. The lowest BCUT2D eigenvalue weighted by molar-refractivity contribution is -0.121. The number of benzene rings is 1. The smallest absolute Gasteiger partial charge is 0.251 e. The van der Waals surface area contributed by atoms with Gasteiger partial charge in [-0.15, -0.1) is 0 Å². The van der Waals surface area contributed by atoms with Crippen LogP contribution >= 0.6 is 0 Å². The van der Waals surface area contributed by atoms with Gasteiger partial charge in [0.1, 0.15) is 0 Å². The average molecular weight is 292 g/mol. The predicted molar refractivity (Wildman–Crippen MR) is 81.9 cm³/mol. The maximum Gasteiger partial charge on any atom is 0.251 e. The van der Waals surface area contributed by atoms with Crippen LogP contribution in [0.5, 0.6) is 0 Å².